The highest BCUT2D eigenvalue weighted by atomic mass is 31.3. The largest absolute Gasteiger partial charge is 0.490 e. The van der Waals surface area contributed by atoms with E-state index < -0.39 is 35.9 Å². The Morgan fingerprint density at radius 1 is 1.05 bits per heavy atom. The molecule has 0 fully saturated rings. The topological polar surface area (TPSA) is 169 Å². The van der Waals surface area contributed by atoms with Gasteiger partial charge in [-0.05, 0) is 0 Å². The van der Waals surface area contributed by atoms with E-state index in [1.165, 1.54) is 6.92 Å². The van der Waals surface area contributed by atoms with Gasteiger partial charge in [-0.1, -0.05) is 6.92 Å². The minimum Gasteiger partial charge on any atom is -0.347 e. The number of phosphoric ester groups is 1. The summed E-state index contributed by atoms with van der Waals surface area (Å²) in [4.78, 5) is 34.4. The van der Waals surface area contributed by atoms with E-state index in [4.69, 9.17) is 19.6 Å². The van der Waals surface area contributed by atoms with E-state index in [0.29, 0.717) is 0 Å². The van der Waals surface area contributed by atoms with Crippen molar-refractivity contribution in [1.29, 1.82) is 0 Å². The van der Waals surface area contributed by atoms with E-state index in [2.05, 4.69) is 17.9 Å². The van der Waals surface area contributed by atoms with Crippen LogP contribution in [0.15, 0.2) is 0 Å². The van der Waals surface area contributed by atoms with Gasteiger partial charge in [0.2, 0.25) is 5.85 Å². The Kier molecular flexibility index (Phi) is 7.15. The minimum atomic E-state index is -5.60. The molecule has 0 radical (unpaired) electrons. The summed E-state index contributed by atoms with van der Waals surface area (Å²) in [6.07, 6.45) is -0.279. The SMILES string of the molecule is CC[C@@](F)(COP(=O)(O)OP(=O)(O)OP(=O)(O)O)OC. The molecule has 0 saturated carbocycles. The molecule has 15 heteroatoms. The van der Waals surface area contributed by atoms with Crippen molar-refractivity contribution >= 4 is 23.5 Å². The summed E-state index contributed by atoms with van der Waals surface area (Å²) in [6, 6.07) is 0. The molecule has 0 amide bonds. The van der Waals surface area contributed by atoms with Gasteiger partial charge < -0.3 is 24.3 Å². The number of methoxy groups -OCH3 is 1. The predicted octanol–water partition coefficient (Wildman–Crippen LogP) is 1.05. The van der Waals surface area contributed by atoms with Crippen LogP contribution in [0.4, 0.5) is 4.39 Å². The van der Waals surface area contributed by atoms with Gasteiger partial charge in [-0.3, -0.25) is 4.52 Å². The minimum absolute atomic E-state index is 0.279. The summed E-state index contributed by atoms with van der Waals surface area (Å²) >= 11 is 0. The van der Waals surface area contributed by atoms with Crippen molar-refractivity contribution in [2.75, 3.05) is 13.7 Å². The summed E-state index contributed by atoms with van der Waals surface area (Å²) in [5.41, 5.74) is 0. The molecule has 0 rings (SSSR count). The van der Waals surface area contributed by atoms with E-state index in [0.717, 1.165) is 7.11 Å². The van der Waals surface area contributed by atoms with E-state index in [-0.39, 0.29) is 6.42 Å². The first kappa shape index (κ1) is 20.3. The summed E-state index contributed by atoms with van der Waals surface area (Å²) in [5.74, 6) is -2.45. The van der Waals surface area contributed by atoms with Crippen molar-refractivity contribution in [3.8, 4) is 0 Å². The van der Waals surface area contributed by atoms with Crippen LogP contribution < -0.4 is 0 Å². The van der Waals surface area contributed by atoms with Crippen LogP contribution in [0.2, 0.25) is 0 Å². The fraction of sp³-hybridized carbons (Fsp3) is 1.00. The Hall–Kier alpha value is 0.300. The van der Waals surface area contributed by atoms with E-state index in [9.17, 15) is 18.1 Å². The maximum Gasteiger partial charge on any atom is 0.490 e. The molecule has 0 aromatic heterocycles. The summed E-state index contributed by atoms with van der Waals surface area (Å²) in [6.45, 7) is 0.188. The Balaban J connectivity index is 4.72. The lowest BCUT2D eigenvalue weighted by Crippen LogP contribution is -2.30. The van der Waals surface area contributed by atoms with Crippen LogP contribution >= 0.6 is 23.5 Å². The summed E-state index contributed by atoms with van der Waals surface area (Å²) in [5, 5.41) is 0. The fourth-order valence-corrected chi connectivity index (χ4v) is 3.84. The number of halogens is 1. The molecule has 0 aromatic rings. The molecule has 4 N–H and O–H groups in total. The highest BCUT2D eigenvalue weighted by molar-refractivity contribution is 7.66. The molecule has 0 saturated heterocycles. The van der Waals surface area contributed by atoms with Crippen LogP contribution in [-0.4, -0.2) is 39.1 Å². The molecule has 122 valence electrons. The first-order valence-electron chi connectivity index (χ1n) is 4.76. The van der Waals surface area contributed by atoms with Gasteiger partial charge in [0.25, 0.3) is 0 Å². The molecule has 11 nitrogen and oxygen atoms in total. The van der Waals surface area contributed by atoms with Crippen molar-refractivity contribution in [2.24, 2.45) is 0 Å². The Morgan fingerprint density at radius 3 is 1.90 bits per heavy atom. The molecule has 0 aliphatic carbocycles. The standard InChI is InChI=1S/C5H14FO11P3/c1-3-5(6,14-2)4-15-19(10,11)17-20(12,13)16-18(7,8)9/h3-4H2,1-2H3,(H,10,11)(H,12,13)(H2,7,8,9)/t5-/m0/s1. The van der Waals surface area contributed by atoms with Crippen molar-refractivity contribution in [2.45, 2.75) is 19.2 Å². The van der Waals surface area contributed by atoms with Crippen LogP contribution in [0.5, 0.6) is 0 Å². The molecular formula is C5H14FO11P3. The second kappa shape index (κ2) is 7.04. The van der Waals surface area contributed by atoms with Gasteiger partial charge >= 0.3 is 23.5 Å². The summed E-state index contributed by atoms with van der Waals surface area (Å²) in [7, 11) is -15.4. The van der Waals surface area contributed by atoms with Gasteiger partial charge in [0.05, 0.1) is 0 Å². The maximum absolute atomic E-state index is 13.6. The normalized spacial score (nSPS) is 21.8. The second-order valence-electron chi connectivity index (χ2n) is 3.31. The third kappa shape index (κ3) is 8.56. The number of rotatable bonds is 9. The summed E-state index contributed by atoms with van der Waals surface area (Å²) < 4.78 is 61.3. The highest BCUT2D eigenvalue weighted by Gasteiger charge is 2.42. The monoisotopic (exact) mass is 362 g/mol. The first-order valence-corrected chi connectivity index (χ1v) is 9.29. The highest BCUT2D eigenvalue weighted by Crippen LogP contribution is 2.66. The predicted molar refractivity (Wildman–Crippen MR) is 61.0 cm³/mol. The van der Waals surface area contributed by atoms with Crippen LogP contribution in [0, 0.1) is 0 Å². The number of alkyl halides is 1. The average molecular weight is 362 g/mol. The van der Waals surface area contributed by atoms with Gasteiger partial charge in [-0.25, -0.2) is 18.1 Å². The molecule has 0 aliphatic rings. The van der Waals surface area contributed by atoms with Crippen LogP contribution in [0.3, 0.4) is 0 Å². The quantitative estimate of drug-likeness (QED) is 0.432. The molecule has 0 aromatic carbocycles. The fourth-order valence-electron chi connectivity index (χ4n) is 0.787. The molecular weight excluding hydrogens is 348 g/mol. The van der Waals surface area contributed by atoms with Gasteiger partial charge in [0.1, 0.15) is 6.61 Å². The van der Waals surface area contributed by atoms with Crippen LogP contribution in [0.1, 0.15) is 13.3 Å². The van der Waals surface area contributed by atoms with Gasteiger partial charge in [0, 0.05) is 13.5 Å². The number of ether oxygens (including phenoxy) is 1. The lowest BCUT2D eigenvalue weighted by molar-refractivity contribution is -0.149. The van der Waals surface area contributed by atoms with Gasteiger partial charge in [0.15, 0.2) is 0 Å². The molecule has 0 aliphatic heterocycles. The molecule has 20 heavy (non-hydrogen) atoms. The molecule has 0 heterocycles. The smallest absolute Gasteiger partial charge is 0.347 e. The van der Waals surface area contributed by atoms with Gasteiger partial charge in [-0.2, -0.15) is 8.62 Å². The number of hydrogen-bond acceptors (Lipinski definition) is 7. The van der Waals surface area contributed by atoms with E-state index in [1.54, 1.807) is 0 Å². The van der Waals surface area contributed by atoms with Crippen molar-refractivity contribution < 1.29 is 55.5 Å². The Morgan fingerprint density at radius 2 is 1.55 bits per heavy atom. The molecule has 3 atom stereocenters. The Bertz CT molecular complexity index is 455. The van der Waals surface area contributed by atoms with Crippen LogP contribution in [-0.2, 0) is 31.6 Å². The molecule has 0 bridgehead atoms. The molecule has 2 unspecified atom stereocenters. The van der Waals surface area contributed by atoms with Crippen molar-refractivity contribution in [3.63, 3.8) is 0 Å². The Labute approximate surface area is 113 Å². The second-order valence-corrected chi connectivity index (χ2v) is 7.73. The molecule has 0 spiro atoms. The zero-order valence-electron chi connectivity index (χ0n) is 10.3. The maximum atomic E-state index is 13.6. The average Bonchev–Trinajstić information content (AvgIpc) is 2.21. The van der Waals surface area contributed by atoms with Crippen LogP contribution in [0.25, 0.3) is 0 Å². The number of phosphoric acid groups is 3. The lowest BCUT2D eigenvalue weighted by Gasteiger charge is -2.23. The van der Waals surface area contributed by atoms with Crippen molar-refractivity contribution in [1.82, 2.24) is 0 Å². The zero-order valence-corrected chi connectivity index (χ0v) is 13.0. The first-order chi connectivity index (χ1) is 8.74. The number of hydrogen-bond donors (Lipinski definition) is 4. The van der Waals surface area contributed by atoms with Crippen molar-refractivity contribution in [3.05, 3.63) is 0 Å². The zero-order chi connectivity index (χ0) is 16.2. The lowest BCUT2D eigenvalue weighted by atomic mass is 10.2. The van der Waals surface area contributed by atoms with E-state index >= 15 is 0 Å². The van der Waals surface area contributed by atoms with E-state index in [1.807, 2.05) is 0 Å². The third-order valence-corrected chi connectivity index (χ3v) is 5.54. The third-order valence-electron chi connectivity index (χ3n) is 1.75. The van der Waals surface area contributed by atoms with Gasteiger partial charge in [-0.15, -0.1) is 0 Å².